The number of nitrogens with zero attached hydrogens (tertiary/aromatic N) is 3. The van der Waals surface area contributed by atoms with Crippen molar-refractivity contribution in [3.8, 4) is 83.6 Å². The molecular formula is C117H98BN3. The first-order valence-electron chi connectivity index (χ1n) is 46.5. The highest BCUT2D eigenvalue weighted by atomic mass is 15.2. The molecule has 0 bridgehead atoms. The largest absolute Gasteiger partial charge is 0.310 e. The van der Waals surface area contributed by atoms with Gasteiger partial charge in [0.2, 0.25) is 0 Å². The summed E-state index contributed by atoms with van der Waals surface area (Å²) in [7, 11) is 0. The Labute approximate surface area is 724 Å². The summed E-state index contributed by atoms with van der Waals surface area (Å²) in [4.78, 5) is 5.18. The molecule has 1 unspecified atom stereocenters. The van der Waals surface area contributed by atoms with Gasteiger partial charge in [0.25, 0.3) is 6.71 Å². The van der Waals surface area contributed by atoms with E-state index in [0.717, 1.165) is 161 Å². The molecule has 21 rings (SSSR count). The summed E-state index contributed by atoms with van der Waals surface area (Å²) in [6.07, 6.45) is 0. The first-order valence-corrected chi connectivity index (χ1v) is 42.5. The predicted molar refractivity (Wildman–Crippen MR) is 517 cm³/mol. The van der Waals surface area contributed by atoms with Crippen LogP contribution in [-0.4, -0.2) is 11.3 Å². The van der Waals surface area contributed by atoms with Crippen LogP contribution in [-0.2, 0) is 27.1 Å². The van der Waals surface area contributed by atoms with Crippen molar-refractivity contribution in [1.82, 2.24) is 4.57 Å². The molecule has 0 fully saturated rings. The fraction of sp³-hybridized carbons (Fsp3) is 0.145. The van der Waals surface area contributed by atoms with Crippen molar-refractivity contribution in [2.24, 2.45) is 0 Å². The maximum Gasteiger partial charge on any atom is 0.252 e. The Bertz CT molecular complexity index is 7460. The first-order chi connectivity index (χ1) is 61.9. The number of hydrogen-bond donors (Lipinski definition) is 0. The van der Waals surface area contributed by atoms with Gasteiger partial charge >= 0.3 is 0 Å². The van der Waals surface area contributed by atoms with Crippen molar-refractivity contribution in [3.05, 3.63) is 420 Å². The van der Waals surface area contributed by atoms with Crippen molar-refractivity contribution in [2.75, 3.05) is 9.80 Å². The molecule has 1 aromatic heterocycles. The molecule has 4 heteroatoms. The fourth-order valence-electron chi connectivity index (χ4n) is 19.7. The molecule has 0 radical (unpaired) electrons. The average Bonchev–Trinajstić information content (AvgIpc) is 1.66. The van der Waals surface area contributed by atoms with E-state index in [1.54, 1.807) is 4.57 Å². The molecule has 3 nitrogen and oxygen atoms in total. The van der Waals surface area contributed by atoms with Crippen molar-refractivity contribution in [1.29, 1.82) is 0 Å². The summed E-state index contributed by atoms with van der Waals surface area (Å²) < 4.78 is 79.1. The van der Waals surface area contributed by atoms with E-state index in [0.29, 0.717) is 5.69 Å². The highest BCUT2D eigenvalue weighted by Gasteiger charge is 2.50. The van der Waals surface area contributed by atoms with Gasteiger partial charge in [-0.25, -0.2) is 0 Å². The molecule has 18 aromatic rings. The normalized spacial score (nSPS) is 15.2. The minimum atomic E-state index is -0.931. The molecule has 121 heavy (non-hydrogen) atoms. The second-order valence-corrected chi connectivity index (χ2v) is 37.4. The van der Waals surface area contributed by atoms with Gasteiger partial charge in [-0.3, -0.25) is 0 Å². The fourth-order valence-corrected chi connectivity index (χ4v) is 19.7. The number of hydrogen-bond acceptors (Lipinski definition) is 2. The Morgan fingerprint density at radius 1 is 0.281 bits per heavy atom. The van der Waals surface area contributed by atoms with Crippen molar-refractivity contribution < 1.29 is 11.0 Å². The maximum absolute atomic E-state index is 10.1. The lowest BCUT2D eigenvalue weighted by Crippen LogP contribution is -2.61. The lowest BCUT2D eigenvalue weighted by atomic mass is 9.33. The van der Waals surface area contributed by atoms with Crippen LogP contribution in [0, 0.1) is 0 Å². The minimum absolute atomic E-state index is 0.000512. The number of rotatable bonds is 11. The Kier molecular flexibility index (Phi) is 15.5. The molecule has 0 amide bonds. The Morgan fingerprint density at radius 2 is 0.694 bits per heavy atom. The molecule has 0 saturated heterocycles. The van der Waals surface area contributed by atoms with E-state index >= 15 is 0 Å². The molecule has 0 saturated carbocycles. The molecule has 584 valence electrons. The lowest BCUT2D eigenvalue weighted by molar-refractivity contribution is 0.569. The second-order valence-electron chi connectivity index (χ2n) is 37.4. The molecular weight excluding hydrogens is 1460 g/mol. The van der Waals surface area contributed by atoms with E-state index in [9.17, 15) is 11.0 Å². The third kappa shape index (κ3) is 12.3. The SMILES string of the molecule is [2H]c1c([2H])c([2H])c2c(c1[2H])c1c([2H])c([2H])c([2H])c([2H])c1n2-c1ccc2c(c1)N(c1c(-c3ccccc3)cc(C(C)(C)C)cc1-c1ccccc1)c1cc(-c3cccc4c3C(c3ccccc3)(c3ccc5ccccc5c3)c3ccccc3-4)cc3c1B2c1ccc(-c2cc(C(C)(C)C)cc(C(C)(C)C)c2)cc1N3c1c(-c2ccccc2)cc(C(C)(C)C)cc1-c1ccccc1. The number of para-hydroxylation sites is 2. The van der Waals surface area contributed by atoms with Crippen molar-refractivity contribution in [2.45, 2.75) is 110 Å². The van der Waals surface area contributed by atoms with Crippen LogP contribution in [0.2, 0.25) is 0 Å². The third-order valence-corrected chi connectivity index (χ3v) is 25.8. The van der Waals surface area contributed by atoms with Gasteiger partial charge < -0.3 is 14.4 Å². The van der Waals surface area contributed by atoms with Crippen LogP contribution < -0.4 is 26.2 Å². The average molecular weight is 1560 g/mol. The van der Waals surface area contributed by atoms with Gasteiger partial charge in [-0.05, 0) is 222 Å². The molecule has 3 heterocycles. The third-order valence-electron chi connectivity index (χ3n) is 25.8. The summed E-state index contributed by atoms with van der Waals surface area (Å²) in [6, 6.07) is 118. The van der Waals surface area contributed by atoms with Crippen LogP contribution >= 0.6 is 0 Å². The minimum Gasteiger partial charge on any atom is -0.310 e. The quantitative estimate of drug-likeness (QED) is 0.120. The van der Waals surface area contributed by atoms with E-state index in [-0.39, 0.29) is 55.6 Å². The highest BCUT2D eigenvalue weighted by molar-refractivity contribution is 7.00. The van der Waals surface area contributed by atoms with E-state index < -0.39 is 48.4 Å². The van der Waals surface area contributed by atoms with Gasteiger partial charge in [-0.1, -0.05) is 386 Å². The predicted octanol–water partition coefficient (Wildman–Crippen LogP) is 29.6. The Hall–Kier alpha value is -13.5. The van der Waals surface area contributed by atoms with Gasteiger partial charge in [0, 0.05) is 61.5 Å². The Balaban J connectivity index is 1.01. The number of benzene rings is 17. The molecule has 2 aliphatic heterocycles. The first kappa shape index (κ1) is 66.4. The van der Waals surface area contributed by atoms with E-state index in [1.807, 2.05) is 6.07 Å². The van der Waals surface area contributed by atoms with E-state index in [2.05, 4.69) is 414 Å². The highest BCUT2D eigenvalue weighted by Crippen LogP contribution is 2.62. The monoisotopic (exact) mass is 1560 g/mol. The molecule has 3 aliphatic rings. The smallest absolute Gasteiger partial charge is 0.252 e. The van der Waals surface area contributed by atoms with Crippen LogP contribution in [0.1, 0.15) is 139 Å². The van der Waals surface area contributed by atoms with Crippen LogP contribution in [0.25, 0.3) is 116 Å². The van der Waals surface area contributed by atoms with Crippen molar-refractivity contribution >= 4 is 89.8 Å². The van der Waals surface area contributed by atoms with Crippen LogP contribution in [0.4, 0.5) is 34.1 Å². The van der Waals surface area contributed by atoms with Crippen molar-refractivity contribution in [3.63, 3.8) is 0 Å². The summed E-state index contributed by atoms with van der Waals surface area (Å²) >= 11 is 0. The molecule has 1 aliphatic carbocycles. The topological polar surface area (TPSA) is 11.4 Å². The zero-order valence-electron chi connectivity index (χ0n) is 78.6. The molecule has 0 spiro atoms. The Morgan fingerprint density at radius 3 is 1.20 bits per heavy atom. The standard InChI is InChI=1S/C117H98BN3/c1-113(2,3)86-64-82(65-87(69-86)114(4,5)6)81-58-61-101-105(66-81)120(111-96(76-38-18-13-19-39-76)70-88(115(7,8)9)71-97(111)77-40-20-14-21-41-77)107-67-83(91-52-36-53-95-92-49-30-33-54-100(92)117(109(91)95,84-47-26-17-27-48-84)85-59-57-75-37-28-29-46-80(75)63-85)68-108-110(107)118(101)102-62-60-90(119-103-55-34-31-50-93(103)94-51-32-35-56-104(94)119)74-106(102)121(108)112-98(78-42-22-15-23-43-78)72-89(116(10,11)12)73-99(112)79-44-24-16-25-45-79/h13-74H,1-12H3/i31D,32D,34D,35D,50D,51D,55D,56D. The van der Waals surface area contributed by atoms with E-state index in [1.165, 1.54) is 22.3 Å². The van der Waals surface area contributed by atoms with Crippen LogP contribution in [0.15, 0.2) is 376 Å². The zero-order chi connectivity index (χ0) is 89.6. The number of anilines is 6. The second kappa shape index (κ2) is 28.3. The van der Waals surface area contributed by atoms with Gasteiger partial charge in [0.1, 0.15) is 0 Å². The number of fused-ring (bicyclic) bond motifs is 11. The maximum atomic E-state index is 10.1. The lowest BCUT2D eigenvalue weighted by Gasteiger charge is -2.46. The number of aromatic nitrogens is 1. The van der Waals surface area contributed by atoms with Crippen LogP contribution in [0.3, 0.4) is 0 Å². The summed E-state index contributed by atoms with van der Waals surface area (Å²) in [5.41, 5.74) is 30.4. The molecule has 17 aromatic carbocycles. The van der Waals surface area contributed by atoms with Gasteiger partial charge in [0.15, 0.2) is 0 Å². The van der Waals surface area contributed by atoms with Crippen LogP contribution in [0.5, 0.6) is 0 Å². The zero-order valence-corrected chi connectivity index (χ0v) is 70.6. The molecule has 0 N–H and O–H groups in total. The van der Waals surface area contributed by atoms with Gasteiger partial charge in [-0.15, -0.1) is 0 Å². The summed E-state index contributed by atoms with van der Waals surface area (Å²) in [5.74, 6) is 0. The van der Waals surface area contributed by atoms with Gasteiger partial charge in [0.05, 0.1) is 38.8 Å². The van der Waals surface area contributed by atoms with E-state index in [4.69, 9.17) is 0 Å². The summed E-state index contributed by atoms with van der Waals surface area (Å²) in [5, 5.41) is 2.27. The van der Waals surface area contributed by atoms with Gasteiger partial charge in [-0.2, -0.15) is 0 Å². The molecule has 1 atom stereocenters. The summed E-state index contributed by atoms with van der Waals surface area (Å²) in [6.45, 7) is 27.0.